The van der Waals surface area contributed by atoms with Crippen LogP contribution in [0.2, 0.25) is 0 Å². The SMILES string of the molecule is N#CN1CCN2CCN(c3ccc(-c4cccc5c4C4(CCCCCCC4)NN5)cn3)C(=O)[C@H]2C1. The van der Waals surface area contributed by atoms with Crippen LogP contribution in [-0.4, -0.2) is 59.5 Å². The van der Waals surface area contributed by atoms with E-state index in [0.29, 0.717) is 25.5 Å². The van der Waals surface area contributed by atoms with E-state index in [1.807, 2.05) is 12.3 Å². The van der Waals surface area contributed by atoms with Gasteiger partial charge >= 0.3 is 0 Å². The minimum Gasteiger partial charge on any atom is -0.320 e. The van der Waals surface area contributed by atoms with Crippen molar-refractivity contribution in [3.05, 3.63) is 42.1 Å². The van der Waals surface area contributed by atoms with E-state index in [2.05, 4.69) is 46.2 Å². The second kappa shape index (κ2) is 9.14. The molecule has 3 aliphatic heterocycles. The summed E-state index contributed by atoms with van der Waals surface area (Å²) < 4.78 is 0. The molecule has 2 saturated heterocycles. The average Bonchev–Trinajstić information content (AvgIpc) is 3.26. The fourth-order valence-corrected chi connectivity index (χ4v) is 6.41. The first kappa shape index (κ1) is 22.3. The number of hydrogen-bond acceptors (Lipinski definition) is 7. The van der Waals surface area contributed by atoms with Gasteiger partial charge in [0.15, 0.2) is 6.19 Å². The Morgan fingerprint density at radius 3 is 2.57 bits per heavy atom. The number of nitrogens with zero attached hydrogens (tertiary/aromatic N) is 5. The van der Waals surface area contributed by atoms with Crippen LogP contribution in [0.4, 0.5) is 11.5 Å². The first-order chi connectivity index (χ1) is 17.2. The maximum Gasteiger partial charge on any atom is 0.247 e. The number of pyridine rings is 1. The molecule has 0 bridgehead atoms. The molecule has 182 valence electrons. The number of hydrogen-bond donors (Lipinski definition) is 2. The zero-order chi connectivity index (χ0) is 23.8. The smallest absolute Gasteiger partial charge is 0.247 e. The molecular formula is C27H33N7O. The lowest BCUT2D eigenvalue weighted by atomic mass is 9.76. The molecule has 0 radical (unpaired) electrons. The maximum atomic E-state index is 13.3. The lowest BCUT2D eigenvalue weighted by molar-refractivity contribution is -0.127. The molecule has 1 saturated carbocycles. The van der Waals surface area contributed by atoms with Gasteiger partial charge in [0, 0.05) is 43.5 Å². The molecule has 4 heterocycles. The maximum absolute atomic E-state index is 13.3. The van der Waals surface area contributed by atoms with Crippen LogP contribution < -0.4 is 15.8 Å². The minimum atomic E-state index is -0.271. The first-order valence-electron chi connectivity index (χ1n) is 13.0. The van der Waals surface area contributed by atoms with Gasteiger partial charge in [0.2, 0.25) is 5.91 Å². The lowest BCUT2D eigenvalue weighted by Gasteiger charge is -2.44. The second-order valence-corrected chi connectivity index (χ2v) is 10.3. The Bertz CT molecular complexity index is 1130. The highest BCUT2D eigenvalue weighted by Gasteiger charge is 2.41. The molecule has 1 atom stereocenters. The van der Waals surface area contributed by atoms with Crippen molar-refractivity contribution >= 4 is 17.4 Å². The van der Waals surface area contributed by atoms with Gasteiger partial charge in [-0.2, -0.15) is 5.26 Å². The van der Waals surface area contributed by atoms with Crippen molar-refractivity contribution in [1.82, 2.24) is 20.2 Å². The zero-order valence-corrected chi connectivity index (χ0v) is 20.2. The molecule has 1 aromatic heterocycles. The van der Waals surface area contributed by atoms with Crippen LogP contribution in [0.15, 0.2) is 36.5 Å². The van der Waals surface area contributed by atoms with Gasteiger partial charge in [0.1, 0.15) is 11.9 Å². The summed E-state index contributed by atoms with van der Waals surface area (Å²) in [5.41, 5.74) is 11.9. The highest BCUT2D eigenvalue weighted by molar-refractivity contribution is 5.97. The number of hydrazine groups is 1. The summed E-state index contributed by atoms with van der Waals surface area (Å²) in [4.78, 5) is 23.7. The predicted molar refractivity (Wildman–Crippen MR) is 135 cm³/mol. The third kappa shape index (κ3) is 3.93. The summed E-state index contributed by atoms with van der Waals surface area (Å²) in [5, 5.41) is 9.29. The van der Waals surface area contributed by atoms with E-state index < -0.39 is 0 Å². The van der Waals surface area contributed by atoms with Gasteiger partial charge in [-0.05, 0) is 36.6 Å². The molecule has 6 rings (SSSR count). The summed E-state index contributed by atoms with van der Waals surface area (Å²) in [5.74, 6) is 0.732. The van der Waals surface area contributed by atoms with Crippen molar-refractivity contribution < 1.29 is 4.79 Å². The number of benzene rings is 1. The highest BCUT2D eigenvalue weighted by atomic mass is 16.2. The van der Waals surface area contributed by atoms with E-state index in [1.54, 1.807) is 9.80 Å². The van der Waals surface area contributed by atoms with Crippen molar-refractivity contribution in [3.63, 3.8) is 0 Å². The van der Waals surface area contributed by atoms with Gasteiger partial charge in [-0.3, -0.25) is 14.6 Å². The Morgan fingerprint density at radius 1 is 1.00 bits per heavy atom. The largest absolute Gasteiger partial charge is 0.320 e. The van der Waals surface area contributed by atoms with Gasteiger partial charge < -0.3 is 10.3 Å². The van der Waals surface area contributed by atoms with Gasteiger partial charge in [0.25, 0.3) is 0 Å². The van der Waals surface area contributed by atoms with Crippen LogP contribution in [-0.2, 0) is 10.3 Å². The molecule has 0 unspecified atom stereocenters. The minimum absolute atomic E-state index is 0.0368. The number of amides is 1. The Morgan fingerprint density at radius 2 is 1.80 bits per heavy atom. The summed E-state index contributed by atoms with van der Waals surface area (Å²) in [7, 11) is 0. The average molecular weight is 472 g/mol. The Hall–Kier alpha value is -3.15. The van der Waals surface area contributed by atoms with E-state index in [4.69, 9.17) is 4.98 Å². The van der Waals surface area contributed by atoms with Gasteiger partial charge in [0.05, 0.1) is 17.8 Å². The molecule has 8 heteroatoms. The number of piperazine rings is 2. The van der Waals surface area contributed by atoms with Gasteiger partial charge in [-0.15, -0.1) is 0 Å². The van der Waals surface area contributed by atoms with E-state index in [9.17, 15) is 10.1 Å². The van der Waals surface area contributed by atoms with E-state index >= 15 is 0 Å². The molecule has 2 N–H and O–H groups in total. The van der Waals surface area contributed by atoms with E-state index in [1.165, 1.54) is 43.2 Å². The molecule has 1 spiro atoms. The molecular weight excluding hydrogens is 438 g/mol. The van der Waals surface area contributed by atoms with Crippen LogP contribution in [0, 0.1) is 11.5 Å². The van der Waals surface area contributed by atoms with Crippen molar-refractivity contribution in [2.45, 2.75) is 56.5 Å². The van der Waals surface area contributed by atoms with Crippen LogP contribution >= 0.6 is 0 Å². The second-order valence-electron chi connectivity index (χ2n) is 10.3. The molecule has 1 amide bonds. The van der Waals surface area contributed by atoms with Crippen molar-refractivity contribution in [2.24, 2.45) is 0 Å². The molecule has 2 aromatic rings. The molecule has 35 heavy (non-hydrogen) atoms. The normalized spacial score (nSPS) is 24.2. The quantitative estimate of drug-likeness (QED) is 0.649. The standard InChI is InChI=1S/C27H33N7O/c28-19-32-13-14-33-15-16-34(26(35)23(33)18-32)24-10-9-20(17-29-24)21-7-6-8-22-25(21)27(31-30-22)11-4-2-1-3-5-12-27/h6-10,17,23,30-31H,1-5,11-16,18H2/t23-/m1/s1. The van der Waals surface area contributed by atoms with Crippen molar-refractivity contribution in [2.75, 3.05) is 43.0 Å². The van der Waals surface area contributed by atoms with Gasteiger partial charge in [-0.25, -0.2) is 10.4 Å². The number of fused-ring (bicyclic) bond motifs is 3. The fraction of sp³-hybridized carbons (Fsp3) is 0.519. The Balaban J connectivity index is 1.27. The summed E-state index contributed by atoms with van der Waals surface area (Å²) in [6, 6.07) is 10.3. The predicted octanol–water partition coefficient (Wildman–Crippen LogP) is 3.43. The number of nitriles is 1. The monoisotopic (exact) mass is 471 g/mol. The number of aromatic nitrogens is 1. The van der Waals surface area contributed by atoms with Crippen molar-refractivity contribution in [3.8, 4) is 17.3 Å². The van der Waals surface area contributed by atoms with Crippen LogP contribution in [0.3, 0.4) is 0 Å². The molecule has 1 aromatic carbocycles. The van der Waals surface area contributed by atoms with Crippen LogP contribution in [0.1, 0.15) is 50.5 Å². The summed E-state index contributed by atoms with van der Waals surface area (Å²) in [6.45, 7) is 3.35. The number of nitrogens with one attached hydrogen (secondary N) is 2. The molecule has 3 fully saturated rings. The first-order valence-corrected chi connectivity index (χ1v) is 13.0. The number of carbonyl (C=O) groups is 1. The lowest BCUT2D eigenvalue weighted by Crippen LogP contribution is -2.64. The highest BCUT2D eigenvalue weighted by Crippen LogP contribution is 2.47. The third-order valence-corrected chi connectivity index (χ3v) is 8.32. The third-order valence-electron chi connectivity index (χ3n) is 8.32. The number of rotatable bonds is 2. The molecule has 1 aliphatic carbocycles. The Labute approximate surface area is 206 Å². The van der Waals surface area contributed by atoms with Crippen molar-refractivity contribution in [1.29, 1.82) is 5.26 Å². The molecule has 8 nitrogen and oxygen atoms in total. The van der Waals surface area contributed by atoms with Crippen LogP contribution in [0.25, 0.3) is 11.1 Å². The Kier molecular flexibility index (Phi) is 5.83. The van der Waals surface area contributed by atoms with Gasteiger partial charge in [-0.1, -0.05) is 44.2 Å². The fourth-order valence-electron chi connectivity index (χ4n) is 6.41. The number of carbonyl (C=O) groups excluding carboxylic acids is 1. The summed E-state index contributed by atoms with van der Waals surface area (Å²) >= 11 is 0. The summed E-state index contributed by atoms with van der Waals surface area (Å²) in [6.07, 6.45) is 12.8. The van der Waals surface area contributed by atoms with E-state index in [-0.39, 0.29) is 17.5 Å². The molecule has 4 aliphatic rings. The van der Waals surface area contributed by atoms with Crippen LogP contribution in [0.5, 0.6) is 0 Å². The topological polar surface area (TPSA) is 87.5 Å². The number of anilines is 2. The van der Waals surface area contributed by atoms with E-state index in [0.717, 1.165) is 37.2 Å². The zero-order valence-electron chi connectivity index (χ0n) is 20.2.